The third kappa shape index (κ3) is 3.98. The summed E-state index contributed by atoms with van der Waals surface area (Å²) in [6, 6.07) is 7.24. The first-order valence-electron chi connectivity index (χ1n) is 8.91. The highest BCUT2D eigenvalue weighted by Crippen LogP contribution is 2.33. The zero-order chi connectivity index (χ0) is 20.8. The van der Waals surface area contributed by atoms with Gasteiger partial charge in [0.1, 0.15) is 5.69 Å². The van der Waals surface area contributed by atoms with Crippen LogP contribution in [-0.4, -0.2) is 20.7 Å². The Hall–Kier alpha value is -2.87. The van der Waals surface area contributed by atoms with E-state index in [0.29, 0.717) is 23.4 Å². The Morgan fingerprint density at radius 1 is 1.28 bits per heavy atom. The van der Waals surface area contributed by atoms with Crippen molar-refractivity contribution in [1.29, 1.82) is 0 Å². The Morgan fingerprint density at radius 3 is 2.79 bits per heavy atom. The van der Waals surface area contributed by atoms with Crippen LogP contribution in [0.1, 0.15) is 45.3 Å². The normalized spacial score (nSPS) is 16.0. The minimum Gasteiger partial charge on any atom is -0.345 e. The minimum atomic E-state index is -4.53. The van der Waals surface area contributed by atoms with Crippen LogP contribution in [0.25, 0.3) is 5.69 Å². The second-order valence-corrected chi connectivity index (χ2v) is 7.39. The Bertz CT molecular complexity index is 1070. The number of amides is 1. The number of fused-ring (bicyclic) bond motifs is 1. The molecule has 1 N–H and O–H groups in total. The summed E-state index contributed by atoms with van der Waals surface area (Å²) in [6.07, 6.45) is -0.470. The van der Waals surface area contributed by atoms with Crippen molar-refractivity contribution in [3.63, 3.8) is 0 Å². The Morgan fingerprint density at radius 2 is 2.07 bits per heavy atom. The van der Waals surface area contributed by atoms with Gasteiger partial charge in [0, 0.05) is 28.5 Å². The van der Waals surface area contributed by atoms with E-state index in [1.54, 1.807) is 24.4 Å². The van der Waals surface area contributed by atoms with Crippen molar-refractivity contribution in [3.8, 4) is 5.69 Å². The van der Waals surface area contributed by atoms with Gasteiger partial charge in [-0.1, -0.05) is 11.6 Å². The van der Waals surface area contributed by atoms with Crippen LogP contribution in [0.4, 0.5) is 13.2 Å². The molecule has 0 saturated carbocycles. The zero-order valence-electron chi connectivity index (χ0n) is 15.3. The first-order valence-corrected chi connectivity index (χ1v) is 9.28. The largest absolute Gasteiger partial charge is 0.433 e. The lowest BCUT2D eigenvalue weighted by Crippen LogP contribution is -2.27. The molecular formula is C20H16ClF3N4O. The highest BCUT2D eigenvalue weighted by Gasteiger charge is 2.33. The van der Waals surface area contributed by atoms with E-state index in [9.17, 15) is 18.0 Å². The number of carbonyl (C=O) groups is 1. The van der Waals surface area contributed by atoms with Gasteiger partial charge in [-0.3, -0.25) is 9.78 Å². The van der Waals surface area contributed by atoms with Crippen LogP contribution in [0, 0.1) is 6.92 Å². The number of halogens is 4. The van der Waals surface area contributed by atoms with Crippen molar-refractivity contribution in [1.82, 2.24) is 20.1 Å². The molecule has 9 heteroatoms. The van der Waals surface area contributed by atoms with Gasteiger partial charge in [-0.25, -0.2) is 4.68 Å². The third-order valence-electron chi connectivity index (χ3n) is 4.78. The van der Waals surface area contributed by atoms with Gasteiger partial charge in [0.2, 0.25) is 0 Å². The van der Waals surface area contributed by atoms with Crippen LogP contribution in [0.2, 0.25) is 5.02 Å². The fraction of sp³-hybridized carbons (Fsp3) is 0.250. The van der Waals surface area contributed by atoms with Crippen LogP contribution in [-0.2, 0) is 12.6 Å². The fourth-order valence-corrected chi connectivity index (χ4v) is 3.74. The molecule has 0 bridgehead atoms. The Balaban J connectivity index is 1.57. The number of nitrogens with one attached hydrogen (secondary N) is 1. The molecule has 1 aliphatic rings. The monoisotopic (exact) mass is 420 g/mol. The lowest BCUT2D eigenvalue weighted by molar-refractivity contribution is -0.141. The summed E-state index contributed by atoms with van der Waals surface area (Å²) in [6.45, 7) is 1.85. The van der Waals surface area contributed by atoms with Crippen molar-refractivity contribution in [3.05, 3.63) is 75.8 Å². The Labute approximate surface area is 169 Å². The average Bonchev–Trinajstić information content (AvgIpc) is 3.22. The molecule has 3 aromatic rings. The maximum Gasteiger partial charge on any atom is 0.433 e. The van der Waals surface area contributed by atoms with Gasteiger partial charge in [0.15, 0.2) is 0 Å². The maximum absolute atomic E-state index is 12.9. The molecule has 5 nitrogen and oxygen atoms in total. The maximum atomic E-state index is 12.9. The summed E-state index contributed by atoms with van der Waals surface area (Å²) >= 11 is 6.03. The molecule has 0 radical (unpaired) electrons. The molecule has 150 valence electrons. The van der Waals surface area contributed by atoms with Gasteiger partial charge < -0.3 is 5.32 Å². The van der Waals surface area contributed by atoms with Gasteiger partial charge in [0.05, 0.1) is 17.4 Å². The van der Waals surface area contributed by atoms with Crippen LogP contribution in [0.5, 0.6) is 0 Å². The SMILES string of the molecule is Cc1cc(Cl)cc(C(=O)N[C@H]2CCc3nn(-c4ccnc(C(F)(F)F)c4)cc32)c1. The number of aryl methyl sites for hydroxylation is 2. The third-order valence-corrected chi connectivity index (χ3v) is 4.99. The number of rotatable bonds is 3. The van der Waals surface area contributed by atoms with Crippen molar-refractivity contribution in [2.75, 3.05) is 0 Å². The second-order valence-electron chi connectivity index (χ2n) is 6.95. The summed E-state index contributed by atoms with van der Waals surface area (Å²) in [4.78, 5) is 16.0. The number of hydrogen-bond acceptors (Lipinski definition) is 3. The molecule has 4 rings (SSSR count). The molecule has 2 heterocycles. The van der Waals surface area contributed by atoms with E-state index < -0.39 is 11.9 Å². The summed E-state index contributed by atoms with van der Waals surface area (Å²) in [5.74, 6) is -0.260. The summed E-state index contributed by atoms with van der Waals surface area (Å²) in [5.41, 5.74) is 2.16. The number of benzene rings is 1. The fourth-order valence-electron chi connectivity index (χ4n) is 3.45. The number of hydrogen-bond donors (Lipinski definition) is 1. The number of aromatic nitrogens is 3. The van der Waals surface area contributed by atoms with Crippen molar-refractivity contribution >= 4 is 17.5 Å². The van der Waals surface area contributed by atoms with E-state index in [1.807, 2.05) is 6.92 Å². The molecule has 0 saturated heterocycles. The van der Waals surface area contributed by atoms with E-state index in [0.717, 1.165) is 29.1 Å². The summed E-state index contributed by atoms with van der Waals surface area (Å²) in [5, 5.41) is 7.83. The van der Waals surface area contributed by atoms with Crippen LogP contribution < -0.4 is 5.32 Å². The van der Waals surface area contributed by atoms with Crippen LogP contribution in [0.15, 0.2) is 42.7 Å². The molecule has 1 aliphatic carbocycles. The molecule has 1 aromatic carbocycles. The van der Waals surface area contributed by atoms with Crippen LogP contribution in [0.3, 0.4) is 0 Å². The molecule has 1 atom stereocenters. The van der Waals surface area contributed by atoms with Crippen molar-refractivity contribution in [2.45, 2.75) is 32.0 Å². The average molecular weight is 421 g/mol. The lowest BCUT2D eigenvalue weighted by Gasteiger charge is -2.13. The highest BCUT2D eigenvalue weighted by molar-refractivity contribution is 6.31. The van der Waals surface area contributed by atoms with E-state index in [4.69, 9.17) is 11.6 Å². The molecule has 2 aromatic heterocycles. The molecule has 29 heavy (non-hydrogen) atoms. The number of carbonyl (C=O) groups excluding carboxylic acids is 1. The van der Waals surface area contributed by atoms with E-state index in [-0.39, 0.29) is 17.6 Å². The smallest absolute Gasteiger partial charge is 0.345 e. The summed E-state index contributed by atoms with van der Waals surface area (Å²) in [7, 11) is 0. The molecule has 0 fully saturated rings. The molecule has 0 spiro atoms. The van der Waals surface area contributed by atoms with Gasteiger partial charge >= 0.3 is 6.18 Å². The first-order chi connectivity index (χ1) is 13.7. The van der Waals surface area contributed by atoms with E-state index in [2.05, 4.69) is 15.4 Å². The molecule has 1 amide bonds. The Kier molecular flexibility index (Phi) is 4.82. The topological polar surface area (TPSA) is 59.8 Å². The first kappa shape index (κ1) is 19.4. The van der Waals surface area contributed by atoms with Gasteiger partial charge in [0.25, 0.3) is 5.91 Å². The van der Waals surface area contributed by atoms with Gasteiger partial charge in [-0.05, 0) is 55.7 Å². The number of alkyl halides is 3. The number of pyridine rings is 1. The lowest BCUT2D eigenvalue weighted by atomic mass is 10.1. The second kappa shape index (κ2) is 7.18. The predicted octanol–water partition coefficient (Wildman–Crippen LogP) is 4.67. The number of nitrogens with zero attached hydrogens (tertiary/aromatic N) is 3. The quantitative estimate of drug-likeness (QED) is 0.670. The summed E-state index contributed by atoms with van der Waals surface area (Å²) < 4.78 is 40.2. The predicted molar refractivity (Wildman–Crippen MR) is 101 cm³/mol. The molecule has 0 unspecified atom stereocenters. The van der Waals surface area contributed by atoms with Gasteiger partial charge in [-0.15, -0.1) is 0 Å². The molecular weight excluding hydrogens is 405 g/mol. The van der Waals surface area contributed by atoms with Crippen molar-refractivity contribution < 1.29 is 18.0 Å². The van der Waals surface area contributed by atoms with Gasteiger partial charge in [-0.2, -0.15) is 18.3 Å². The van der Waals surface area contributed by atoms with Crippen LogP contribution >= 0.6 is 11.6 Å². The van der Waals surface area contributed by atoms with E-state index in [1.165, 1.54) is 10.7 Å². The molecule has 0 aliphatic heterocycles. The van der Waals surface area contributed by atoms with E-state index >= 15 is 0 Å². The highest BCUT2D eigenvalue weighted by atomic mass is 35.5. The minimum absolute atomic E-state index is 0.260. The zero-order valence-corrected chi connectivity index (χ0v) is 16.1. The van der Waals surface area contributed by atoms with Crippen molar-refractivity contribution in [2.24, 2.45) is 0 Å². The standard InChI is InChI=1S/C20H16ClF3N4O/c1-11-6-12(8-13(21)7-11)19(29)26-16-2-3-17-15(16)10-28(27-17)14-4-5-25-18(9-14)20(22,23)24/h4-10,16H,2-3H2,1H3,(H,26,29)/t16-/m0/s1.